The Balaban J connectivity index is 2.12. The molecule has 0 amide bonds. The zero-order valence-electron chi connectivity index (χ0n) is 10.5. The minimum Gasteiger partial charge on any atom is -0.327 e. The zero-order valence-corrected chi connectivity index (χ0v) is 10.5. The van der Waals surface area contributed by atoms with Gasteiger partial charge in [0.25, 0.3) is 0 Å². The van der Waals surface area contributed by atoms with Gasteiger partial charge in [0.05, 0.1) is 0 Å². The van der Waals surface area contributed by atoms with Crippen molar-refractivity contribution in [3.63, 3.8) is 0 Å². The number of halogens is 1. The molecule has 0 aromatic heterocycles. The molecule has 0 aliphatic heterocycles. The highest BCUT2D eigenvalue weighted by Gasteiger charge is 2.28. The van der Waals surface area contributed by atoms with Gasteiger partial charge < -0.3 is 5.73 Å². The van der Waals surface area contributed by atoms with E-state index >= 15 is 0 Å². The first-order chi connectivity index (χ1) is 8.20. The number of hydrogen-bond acceptors (Lipinski definition) is 1. The molecular weight excluding hydrogens is 213 g/mol. The van der Waals surface area contributed by atoms with Gasteiger partial charge in [0.1, 0.15) is 5.82 Å². The first-order valence-corrected chi connectivity index (χ1v) is 6.71. The van der Waals surface area contributed by atoms with Crippen LogP contribution in [0.2, 0.25) is 0 Å². The molecule has 2 heteroatoms. The van der Waals surface area contributed by atoms with E-state index in [-0.39, 0.29) is 11.9 Å². The topological polar surface area (TPSA) is 26.0 Å². The zero-order chi connectivity index (χ0) is 12.3. The summed E-state index contributed by atoms with van der Waals surface area (Å²) in [5.41, 5.74) is 7.28. The number of nitrogens with two attached hydrogens (primary N) is 1. The van der Waals surface area contributed by atoms with E-state index in [1.807, 2.05) is 6.07 Å². The molecule has 94 valence electrons. The van der Waals surface area contributed by atoms with E-state index in [9.17, 15) is 4.39 Å². The van der Waals surface area contributed by atoms with Crippen LogP contribution in [0.4, 0.5) is 4.39 Å². The van der Waals surface area contributed by atoms with Gasteiger partial charge in [-0.25, -0.2) is 4.39 Å². The Morgan fingerprint density at radius 1 is 1.35 bits per heavy atom. The van der Waals surface area contributed by atoms with Crippen LogP contribution < -0.4 is 5.73 Å². The maximum atomic E-state index is 13.3. The lowest BCUT2D eigenvalue weighted by molar-refractivity contribution is 0.274. The molecule has 0 bridgehead atoms. The van der Waals surface area contributed by atoms with E-state index < -0.39 is 0 Å². The first-order valence-electron chi connectivity index (χ1n) is 6.71. The van der Waals surface area contributed by atoms with Crippen LogP contribution >= 0.6 is 0 Å². The van der Waals surface area contributed by atoms with Gasteiger partial charge in [0.15, 0.2) is 0 Å². The van der Waals surface area contributed by atoms with E-state index in [1.165, 1.54) is 25.3 Å². The fourth-order valence-electron chi connectivity index (χ4n) is 3.07. The van der Waals surface area contributed by atoms with Crippen LogP contribution in [-0.2, 0) is 0 Å². The van der Waals surface area contributed by atoms with Crippen molar-refractivity contribution in [2.24, 2.45) is 11.7 Å². The highest BCUT2D eigenvalue weighted by Crippen LogP contribution is 2.37. The lowest BCUT2D eigenvalue weighted by Gasteiger charge is -2.34. The molecule has 0 saturated heterocycles. The normalized spacial score (nSPS) is 29.2. The van der Waals surface area contributed by atoms with E-state index in [2.05, 4.69) is 6.92 Å². The molecule has 17 heavy (non-hydrogen) atoms. The number of rotatable bonds is 3. The van der Waals surface area contributed by atoms with Crippen LogP contribution in [-0.4, -0.2) is 6.04 Å². The van der Waals surface area contributed by atoms with Gasteiger partial charge in [-0.15, -0.1) is 0 Å². The minimum atomic E-state index is -0.146. The summed E-state index contributed by atoms with van der Waals surface area (Å²) in [6.45, 7) is 2.23. The van der Waals surface area contributed by atoms with Gasteiger partial charge >= 0.3 is 0 Å². The van der Waals surface area contributed by atoms with Gasteiger partial charge in [0, 0.05) is 6.04 Å². The van der Waals surface area contributed by atoms with Crippen LogP contribution in [0.3, 0.4) is 0 Å². The quantitative estimate of drug-likeness (QED) is 0.846. The van der Waals surface area contributed by atoms with E-state index in [4.69, 9.17) is 5.73 Å². The summed E-state index contributed by atoms with van der Waals surface area (Å²) in [4.78, 5) is 0. The largest absolute Gasteiger partial charge is 0.327 e. The predicted molar refractivity (Wildman–Crippen MR) is 69.4 cm³/mol. The fraction of sp³-hybridized carbons (Fsp3) is 0.600. The second kappa shape index (κ2) is 5.63. The third-order valence-corrected chi connectivity index (χ3v) is 3.99. The Labute approximate surface area is 103 Å². The Morgan fingerprint density at radius 2 is 2.18 bits per heavy atom. The molecular formula is C15H22FN. The van der Waals surface area contributed by atoms with Crippen molar-refractivity contribution in [1.82, 2.24) is 0 Å². The monoisotopic (exact) mass is 235 g/mol. The Hall–Kier alpha value is -0.890. The Bertz CT molecular complexity index is 364. The highest BCUT2D eigenvalue weighted by atomic mass is 19.1. The van der Waals surface area contributed by atoms with Crippen molar-refractivity contribution in [2.75, 3.05) is 0 Å². The molecule has 3 unspecified atom stereocenters. The second-order valence-corrected chi connectivity index (χ2v) is 5.29. The SMILES string of the molecule is CCCC1CCC(N)C(c2cccc(F)c2)C1. The predicted octanol–water partition coefficient (Wildman–Crippen LogP) is 3.84. The van der Waals surface area contributed by atoms with Crippen LogP contribution in [0.15, 0.2) is 24.3 Å². The number of benzene rings is 1. The molecule has 0 radical (unpaired) electrons. The van der Waals surface area contributed by atoms with Gasteiger partial charge in [-0.05, 0) is 48.8 Å². The molecule has 1 fully saturated rings. The molecule has 1 aliphatic rings. The van der Waals surface area contributed by atoms with Gasteiger partial charge in [-0.2, -0.15) is 0 Å². The highest BCUT2D eigenvalue weighted by molar-refractivity contribution is 5.23. The molecule has 2 rings (SSSR count). The summed E-state index contributed by atoms with van der Waals surface area (Å²) in [6.07, 6.45) is 5.94. The smallest absolute Gasteiger partial charge is 0.123 e. The summed E-state index contributed by atoms with van der Waals surface area (Å²) in [5, 5.41) is 0. The van der Waals surface area contributed by atoms with Crippen LogP contribution in [0.5, 0.6) is 0 Å². The maximum absolute atomic E-state index is 13.3. The molecule has 0 heterocycles. The first kappa shape index (κ1) is 12.6. The average Bonchev–Trinajstić information content (AvgIpc) is 2.32. The molecule has 1 aliphatic carbocycles. The van der Waals surface area contributed by atoms with E-state index in [1.54, 1.807) is 12.1 Å². The van der Waals surface area contributed by atoms with Gasteiger partial charge in [-0.3, -0.25) is 0 Å². The standard InChI is InChI=1S/C15H22FN/c1-2-4-11-7-8-15(17)14(9-11)12-5-3-6-13(16)10-12/h3,5-6,10-11,14-15H,2,4,7-9,17H2,1H3. The lowest BCUT2D eigenvalue weighted by Crippen LogP contribution is -2.34. The summed E-state index contributed by atoms with van der Waals surface area (Å²) in [5.74, 6) is 0.969. The molecule has 1 nitrogen and oxygen atoms in total. The Kier molecular flexibility index (Phi) is 4.16. The third-order valence-electron chi connectivity index (χ3n) is 3.99. The van der Waals surface area contributed by atoms with Crippen LogP contribution in [0.1, 0.15) is 50.5 Å². The molecule has 1 aromatic carbocycles. The van der Waals surface area contributed by atoms with Crippen molar-refractivity contribution in [3.05, 3.63) is 35.6 Å². The van der Waals surface area contributed by atoms with E-state index in [0.717, 1.165) is 24.3 Å². The maximum Gasteiger partial charge on any atom is 0.123 e. The van der Waals surface area contributed by atoms with Crippen molar-refractivity contribution in [1.29, 1.82) is 0 Å². The third kappa shape index (κ3) is 3.06. The van der Waals surface area contributed by atoms with Gasteiger partial charge in [0.2, 0.25) is 0 Å². The summed E-state index contributed by atoms with van der Waals surface area (Å²) in [6, 6.07) is 7.16. The molecule has 2 N–H and O–H groups in total. The average molecular weight is 235 g/mol. The number of hydrogen-bond donors (Lipinski definition) is 1. The molecule has 1 saturated carbocycles. The molecule has 0 spiro atoms. The minimum absolute atomic E-state index is 0.146. The van der Waals surface area contributed by atoms with Crippen molar-refractivity contribution < 1.29 is 4.39 Å². The van der Waals surface area contributed by atoms with Crippen molar-refractivity contribution in [2.45, 2.75) is 51.0 Å². The summed E-state index contributed by atoms with van der Waals surface area (Å²) < 4.78 is 13.3. The molecule has 3 atom stereocenters. The van der Waals surface area contributed by atoms with Gasteiger partial charge in [-0.1, -0.05) is 31.9 Å². The summed E-state index contributed by atoms with van der Waals surface area (Å²) in [7, 11) is 0. The van der Waals surface area contributed by atoms with Crippen LogP contribution in [0.25, 0.3) is 0 Å². The van der Waals surface area contributed by atoms with Crippen LogP contribution in [0, 0.1) is 11.7 Å². The molecule has 1 aromatic rings. The van der Waals surface area contributed by atoms with Crippen molar-refractivity contribution in [3.8, 4) is 0 Å². The Morgan fingerprint density at radius 3 is 2.88 bits per heavy atom. The van der Waals surface area contributed by atoms with E-state index in [0.29, 0.717) is 5.92 Å². The fourth-order valence-corrected chi connectivity index (χ4v) is 3.07. The van der Waals surface area contributed by atoms with Crippen molar-refractivity contribution >= 4 is 0 Å². The second-order valence-electron chi connectivity index (χ2n) is 5.29. The summed E-state index contributed by atoms with van der Waals surface area (Å²) >= 11 is 0. The lowest BCUT2D eigenvalue weighted by atomic mass is 9.74.